The molecule has 0 aromatic rings. The van der Waals surface area contributed by atoms with Crippen molar-refractivity contribution in [1.29, 1.82) is 0 Å². The lowest BCUT2D eigenvalue weighted by atomic mass is 9.96. The van der Waals surface area contributed by atoms with E-state index in [-0.39, 0.29) is 18.4 Å². The zero-order valence-corrected chi connectivity index (χ0v) is 11.6. The molecule has 1 amide bonds. The second-order valence-corrected chi connectivity index (χ2v) is 5.13. The van der Waals surface area contributed by atoms with E-state index in [1.165, 1.54) is 0 Å². The Kier molecular flexibility index (Phi) is 8.37. The zero-order chi connectivity index (χ0) is 14.1. The lowest BCUT2D eigenvalue weighted by Gasteiger charge is -2.18. The molecule has 0 aliphatic carbocycles. The van der Waals surface area contributed by atoms with Crippen molar-refractivity contribution >= 4 is 11.9 Å². The van der Waals surface area contributed by atoms with Crippen molar-refractivity contribution in [3.63, 3.8) is 0 Å². The zero-order valence-electron chi connectivity index (χ0n) is 11.6. The number of nitrogens with one attached hydrogen (secondary N) is 1. The summed E-state index contributed by atoms with van der Waals surface area (Å²) in [5.74, 6) is -1.42. The predicted molar refractivity (Wildman–Crippen MR) is 71.0 cm³/mol. The van der Waals surface area contributed by atoms with Crippen LogP contribution in [0.2, 0.25) is 0 Å². The normalized spacial score (nSPS) is 14.3. The van der Waals surface area contributed by atoms with Crippen LogP contribution in [0.25, 0.3) is 0 Å². The summed E-state index contributed by atoms with van der Waals surface area (Å²) in [5, 5.41) is 11.8. The molecule has 106 valence electrons. The van der Waals surface area contributed by atoms with E-state index < -0.39 is 11.9 Å². The molecule has 5 heteroatoms. The highest BCUT2D eigenvalue weighted by Crippen LogP contribution is 2.12. The van der Waals surface area contributed by atoms with Gasteiger partial charge in [-0.2, -0.15) is 0 Å². The number of carboxylic acid groups (broad SMARTS) is 1. The molecule has 2 unspecified atom stereocenters. The second-order valence-electron chi connectivity index (χ2n) is 5.13. The fourth-order valence-electron chi connectivity index (χ4n) is 1.91. The number of carbonyl (C=O) groups excluding carboxylic acids is 1. The van der Waals surface area contributed by atoms with Crippen LogP contribution in [0.1, 0.15) is 40.0 Å². The molecule has 0 aliphatic rings. The van der Waals surface area contributed by atoms with Crippen LogP contribution in [0.3, 0.4) is 0 Å². The van der Waals surface area contributed by atoms with Gasteiger partial charge < -0.3 is 16.2 Å². The fourth-order valence-corrected chi connectivity index (χ4v) is 1.91. The average molecular weight is 258 g/mol. The largest absolute Gasteiger partial charge is 0.481 e. The molecular formula is C13H26N2O3. The second kappa shape index (κ2) is 8.91. The summed E-state index contributed by atoms with van der Waals surface area (Å²) < 4.78 is 0. The van der Waals surface area contributed by atoms with E-state index in [0.29, 0.717) is 18.9 Å². The summed E-state index contributed by atoms with van der Waals surface area (Å²) in [6.07, 6.45) is 2.20. The van der Waals surface area contributed by atoms with Crippen LogP contribution in [0.4, 0.5) is 0 Å². The Balaban J connectivity index is 4.25. The number of aliphatic carboxylic acids is 1. The van der Waals surface area contributed by atoms with Gasteiger partial charge in [-0.3, -0.25) is 9.59 Å². The van der Waals surface area contributed by atoms with Crippen molar-refractivity contribution in [3.8, 4) is 0 Å². The maximum absolute atomic E-state index is 11.8. The topological polar surface area (TPSA) is 92.4 Å². The Morgan fingerprint density at radius 3 is 2.28 bits per heavy atom. The highest BCUT2D eigenvalue weighted by atomic mass is 16.4. The van der Waals surface area contributed by atoms with Crippen LogP contribution >= 0.6 is 0 Å². The molecule has 0 saturated carbocycles. The molecular weight excluding hydrogens is 232 g/mol. The molecule has 0 aromatic heterocycles. The fraction of sp³-hybridized carbons (Fsp3) is 0.846. The van der Waals surface area contributed by atoms with Crippen molar-refractivity contribution in [3.05, 3.63) is 0 Å². The summed E-state index contributed by atoms with van der Waals surface area (Å²) in [4.78, 5) is 22.8. The van der Waals surface area contributed by atoms with Gasteiger partial charge in [0.2, 0.25) is 5.91 Å². The molecule has 0 radical (unpaired) electrons. The Labute approximate surface area is 109 Å². The monoisotopic (exact) mass is 258 g/mol. The molecule has 0 spiro atoms. The number of hydrogen-bond acceptors (Lipinski definition) is 3. The minimum atomic E-state index is -0.858. The summed E-state index contributed by atoms with van der Waals surface area (Å²) in [6, 6.07) is 0. The molecule has 0 saturated heterocycles. The van der Waals surface area contributed by atoms with Crippen molar-refractivity contribution in [2.24, 2.45) is 23.5 Å². The number of carbonyl (C=O) groups is 2. The van der Waals surface area contributed by atoms with Gasteiger partial charge in [0.1, 0.15) is 0 Å². The molecule has 0 bridgehead atoms. The highest BCUT2D eigenvalue weighted by Gasteiger charge is 2.22. The standard InChI is InChI=1S/C13H26N2O3/c1-4-5-10(7-14)12(16)15-8-11(13(17)18)6-9(2)3/h9-11H,4-8,14H2,1-3H3,(H,15,16)(H,17,18). The third kappa shape index (κ3) is 6.59. The molecule has 0 heterocycles. The lowest BCUT2D eigenvalue weighted by Crippen LogP contribution is -2.39. The van der Waals surface area contributed by atoms with Crippen LogP contribution in [0, 0.1) is 17.8 Å². The molecule has 4 N–H and O–H groups in total. The van der Waals surface area contributed by atoms with E-state index in [9.17, 15) is 9.59 Å². The first kappa shape index (κ1) is 16.9. The van der Waals surface area contributed by atoms with E-state index in [2.05, 4.69) is 5.32 Å². The van der Waals surface area contributed by atoms with E-state index in [1.54, 1.807) is 0 Å². The van der Waals surface area contributed by atoms with Crippen LogP contribution in [0.5, 0.6) is 0 Å². The quantitative estimate of drug-likeness (QED) is 0.580. The van der Waals surface area contributed by atoms with Gasteiger partial charge in [0.25, 0.3) is 0 Å². The van der Waals surface area contributed by atoms with Crippen LogP contribution in [-0.4, -0.2) is 30.1 Å². The van der Waals surface area contributed by atoms with Gasteiger partial charge in [0.15, 0.2) is 0 Å². The van der Waals surface area contributed by atoms with Crippen LogP contribution in [-0.2, 0) is 9.59 Å². The Bertz CT molecular complexity index is 267. The highest BCUT2D eigenvalue weighted by molar-refractivity contribution is 5.79. The number of carboxylic acids is 1. The van der Waals surface area contributed by atoms with Gasteiger partial charge in [-0.15, -0.1) is 0 Å². The number of nitrogens with two attached hydrogens (primary N) is 1. The molecule has 5 nitrogen and oxygen atoms in total. The van der Waals surface area contributed by atoms with Gasteiger partial charge in [-0.05, 0) is 18.8 Å². The smallest absolute Gasteiger partial charge is 0.308 e. The molecule has 0 aromatic carbocycles. The first-order valence-corrected chi connectivity index (χ1v) is 6.62. The molecule has 18 heavy (non-hydrogen) atoms. The summed E-state index contributed by atoms with van der Waals surface area (Å²) in [6.45, 7) is 6.43. The lowest BCUT2D eigenvalue weighted by molar-refractivity contribution is -0.142. The molecule has 0 aliphatic heterocycles. The van der Waals surface area contributed by atoms with E-state index in [1.807, 2.05) is 20.8 Å². The van der Waals surface area contributed by atoms with E-state index in [0.717, 1.165) is 12.8 Å². The Hall–Kier alpha value is -1.10. The summed E-state index contributed by atoms with van der Waals surface area (Å²) >= 11 is 0. The van der Waals surface area contributed by atoms with Crippen molar-refractivity contribution < 1.29 is 14.7 Å². The van der Waals surface area contributed by atoms with Gasteiger partial charge >= 0.3 is 5.97 Å². The van der Waals surface area contributed by atoms with Gasteiger partial charge in [0, 0.05) is 13.1 Å². The van der Waals surface area contributed by atoms with Crippen molar-refractivity contribution in [2.75, 3.05) is 13.1 Å². The molecule has 2 atom stereocenters. The predicted octanol–water partition coefficient (Wildman–Crippen LogP) is 1.22. The Morgan fingerprint density at radius 1 is 1.28 bits per heavy atom. The number of rotatable bonds is 9. The summed E-state index contributed by atoms with van der Waals surface area (Å²) in [5.41, 5.74) is 5.53. The average Bonchev–Trinajstić information content (AvgIpc) is 2.30. The number of hydrogen-bond donors (Lipinski definition) is 3. The molecule has 0 rings (SSSR count). The van der Waals surface area contributed by atoms with E-state index in [4.69, 9.17) is 10.8 Å². The SMILES string of the molecule is CCCC(CN)C(=O)NCC(CC(C)C)C(=O)O. The van der Waals surface area contributed by atoms with Crippen molar-refractivity contribution in [1.82, 2.24) is 5.32 Å². The maximum atomic E-state index is 11.8. The molecule has 0 fully saturated rings. The minimum Gasteiger partial charge on any atom is -0.481 e. The third-order valence-corrected chi connectivity index (χ3v) is 2.92. The van der Waals surface area contributed by atoms with Crippen LogP contribution in [0.15, 0.2) is 0 Å². The van der Waals surface area contributed by atoms with Gasteiger partial charge in [0.05, 0.1) is 11.8 Å². The number of amides is 1. The maximum Gasteiger partial charge on any atom is 0.308 e. The summed E-state index contributed by atoms with van der Waals surface area (Å²) in [7, 11) is 0. The van der Waals surface area contributed by atoms with E-state index >= 15 is 0 Å². The third-order valence-electron chi connectivity index (χ3n) is 2.92. The minimum absolute atomic E-state index is 0.130. The first-order chi connectivity index (χ1) is 8.42. The van der Waals surface area contributed by atoms with Gasteiger partial charge in [-0.1, -0.05) is 27.2 Å². The van der Waals surface area contributed by atoms with Crippen molar-refractivity contribution in [2.45, 2.75) is 40.0 Å². The van der Waals surface area contributed by atoms with Crippen LogP contribution < -0.4 is 11.1 Å². The Morgan fingerprint density at radius 2 is 1.89 bits per heavy atom. The van der Waals surface area contributed by atoms with Gasteiger partial charge in [-0.25, -0.2) is 0 Å². The first-order valence-electron chi connectivity index (χ1n) is 6.62.